The lowest BCUT2D eigenvalue weighted by molar-refractivity contribution is -0.133. The van der Waals surface area contributed by atoms with Crippen molar-refractivity contribution in [1.29, 1.82) is 0 Å². The average Bonchev–Trinajstić information content (AvgIpc) is 2.02. The number of hydrogen-bond donors (Lipinski definition) is 1. The van der Waals surface area contributed by atoms with Crippen LogP contribution in [-0.4, -0.2) is 25.7 Å². The molecular formula is C6H12NO6P. The highest BCUT2D eigenvalue weighted by atomic mass is 31.2. The Morgan fingerprint density at radius 3 is 2.29 bits per heavy atom. The first kappa shape index (κ1) is 13.1. The van der Waals surface area contributed by atoms with Gasteiger partial charge in [0.2, 0.25) is 5.91 Å². The Labute approximate surface area is 81.3 Å². The molecule has 7 nitrogen and oxygen atoms in total. The van der Waals surface area contributed by atoms with Gasteiger partial charge in [-0.2, -0.15) is 0 Å². The summed E-state index contributed by atoms with van der Waals surface area (Å²) in [5.41, 5.74) is 0. The van der Waals surface area contributed by atoms with Crippen LogP contribution in [0.1, 0.15) is 13.8 Å². The number of hydrogen-bond acceptors (Lipinski definition) is 6. The number of phosphoric ester groups is 1. The highest BCUT2D eigenvalue weighted by Crippen LogP contribution is 2.48. The summed E-state index contributed by atoms with van der Waals surface area (Å²) in [6, 6.07) is 0. The third kappa shape index (κ3) is 5.69. The molecule has 0 radical (unpaired) electrons. The molecule has 0 spiro atoms. The van der Waals surface area contributed by atoms with Crippen molar-refractivity contribution in [3.8, 4) is 0 Å². The molecule has 0 bridgehead atoms. The minimum absolute atomic E-state index is 0.353. The van der Waals surface area contributed by atoms with Crippen molar-refractivity contribution < 1.29 is 27.7 Å². The lowest BCUT2D eigenvalue weighted by Crippen LogP contribution is -2.22. The quantitative estimate of drug-likeness (QED) is 0.538. The molecule has 0 rings (SSSR count). The summed E-state index contributed by atoms with van der Waals surface area (Å²) in [5, 5.41) is 2.20. The Balaban J connectivity index is 4.06. The lowest BCUT2D eigenvalue weighted by atomic mass is 10.7. The summed E-state index contributed by atoms with van der Waals surface area (Å²) in [5.74, 6) is -1.16. The van der Waals surface area contributed by atoms with E-state index >= 15 is 0 Å². The molecule has 1 unspecified atom stereocenters. The summed E-state index contributed by atoms with van der Waals surface area (Å²) in [7, 11) is -2.81. The molecule has 0 aliphatic rings. The fraction of sp³-hybridized carbons (Fsp3) is 0.667. The van der Waals surface area contributed by atoms with E-state index in [9.17, 15) is 14.2 Å². The molecule has 1 N–H and O–H groups in total. The maximum absolute atomic E-state index is 11.3. The first-order chi connectivity index (χ1) is 6.39. The predicted octanol–water partition coefficient (Wildman–Crippen LogP) is 0.414. The zero-order valence-corrected chi connectivity index (χ0v) is 9.00. The topological polar surface area (TPSA) is 90.9 Å². The van der Waals surface area contributed by atoms with Crippen molar-refractivity contribution in [2.75, 3.05) is 13.8 Å². The smallest absolute Gasteiger partial charge is 0.371 e. The first-order valence-corrected chi connectivity index (χ1v) is 5.10. The standard InChI is InChI=1S/C6H12NO6P/c1-5(8)7-4-12-14(10,11-3)13-6(2)9/h4H2,1-3H3,(H,7,8). The summed E-state index contributed by atoms with van der Waals surface area (Å²) >= 11 is 0. The molecule has 0 aromatic rings. The van der Waals surface area contributed by atoms with Crippen LogP contribution in [0.2, 0.25) is 0 Å². The van der Waals surface area contributed by atoms with Crippen LogP contribution < -0.4 is 5.32 Å². The van der Waals surface area contributed by atoms with Crippen LogP contribution in [-0.2, 0) is 27.7 Å². The third-order valence-electron chi connectivity index (χ3n) is 1.01. The molecule has 82 valence electrons. The first-order valence-electron chi connectivity index (χ1n) is 3.64. The zero-order valence-electron chi connectivity index (χ0n) is 8.10. The maximum atomic E-state index is 11.3. The van der Waals surface area contributed by atoms with E-state index in [-0.39, 0.29) is 12.6 Å². The molecule has 0 fully saturated rings. The molecule has 14 heavy (non-hydrogen) atoms. The SMILES string of the molecule is COP(=O)(OCNC(C)=O)OC(C)=O. The van der Waals surface area contributed by atoms with Crippen molar-refractivity contribution in [3.63, 3.8) is 0 Å². The monoisotopic (exact) mass is 225 g/mol. The molecule has 0 aromatic carbocycles. The van der Waals surface area contributed by atoms with Crippen molar-refractivity contribution in [1.82, 2.24) is 5.32 Å². The minimum atomic E-state index is -3.88. The maximum Gasteiger partial charge on any atom is 0.533 e. The van der Waals surface area contributed by atoms with Crippen LogP contribution >= 0.6 is 7.82 Å². The number of carbonyl (C=O) groups is 2. The van der Waals surface area contributed by atoms with Crippen LogP contribution in [0.15, 0.2) is 0 Å². The molecule has 0 aliphatic heterocycles. The molecule has 0 saturated heterocycles. The molecular weight excluding hydrogens is 213 g/mol. The molecule has 1 amide bonds. The van der Waals surface area contributed by atoms with Crippen molar-refractivity contribution in [3.05, 3.63) is 0 Å². The molecule has 0 heterocycles. The fourth-order valence-electron chi connectivity index (χ4n) is 0.487. The summed E-state index contributed by atoms with van der Waals surface area (Å²) < 4.78 is 24.6. The van der Waals surface area contributed by atoms with E-state index in [1.165, 1.54) is 6.92 Å². The number of carbonyl (C=O) groups excluding carboxylic acids is 2. The zero-order chi connectivity index (χ0) is 11.2. The highest BCUT2D eigenvalue weighted by Gasteiger charge is 2.27. The van der Waals surface area contributed by atoms with E-state index in [2.05, 4.69) is 18.9 Å². The molecule has 0 aromatic heterocycles. The Morgan fingerprint density at radius 1 is 1.36 bits per heavy atom. The molecule has 0 saturated carbocycles. The van der Waals surface area contributed by atoms with Gasteiger partial charge in [-0.05, 0) is 0 Å². The van der Waals surface area contributed by atoms with Gasteiger partial charge in [0, 0.05) is 21.0 Å². The Bertz CT molecular complexity index is 265. The van der Waals surface area contributed by atoms with Crippen LogP contribution in [0.25, 0.3) is 0 Å². The third-order valence-corrected chi connectivity index (χ3v) is 2.38. The van der Waals surface area contributed by atoms with E-state index in [0.29, 0.717) is 0 Å². The highest BCUT2D eigenvalue weighted by molar-refractivity contribution is 7.49. The number of phosphoric acid groups is 1. The summed E-state index contributed by atoms with van der Waals surface area (Å²) in [4.78, 5) is 20.9. The average molecular weight is 225 g/mol. The Morgan fingerprint density at radius 2 is 1.93 bits per heavy atom. The van der Waals surface area contributed by atoms with E-state index in [0.717, 1.165) is 14.0 Å². The van der Waals surface area contributed by atoms with E-state index in [4.69, 9.17) is 0 Å². The molecule has 1 atom stereocenters. The molecule has 0 aliphatic carbocycles. The van der Waals surface area contributed by atoms with Crippen molar-refractivity contribution >= 4 is 19.7 Å². The normalized spacial score (nSPS) is 14.2. The van der Waals surface area contributed by atoms with Crippen LogP contribution in [0, 0.1) is 0 Å². The lowest BCUT2D eigenvalue weighted by Gasteiger charge is -2.13. The summed E-state index contributed by atoms with van der Waals surface area (Å²) in [6.45, 7) is 1.97. The largest absolute Gasteiger partial charge is 0.533 e. The fourth-order valence-corrected chi connectivity index (χ4v) is 1.26. The van der Waals surface area contributed by atoms with E-state index in [1.54, 1.807) is 0 Å². The Kier molecular flexibility index (Phi) is 5.37. The van der Waals surface area contributed by atoms with Gasteiger partial charge in [-0.15, -0.1) is 0 Å². The van der Waals surface area contributed by atoms with Gasteiger partial charge >= 0.3 is 13.8 Å². The second-order valence-corrected chi connectivity index (χ2v) is 3.92. The summed E-state index contributed by atoms with van der Waals surface area (Å²) in [6.07, 6.45) is 0. The second kappa shape index (κ2) is 5.74. The van der Waals surface area contributed by atoms with Gasteiger partial charge in [0.25, 0.3) is 0 Å². The Hall–Kier alpha value is -0.910. The van der Waals surface area contributed by atoms with E-state index < -0.39 is 13.8 Å². The van der Waals surface area contributed by atoms with Crippen molar-refractivity contribution in [2.45, 2.75) is 13.8 Å². The van der Waals surface area contributed by atoms with Crippen LogP contribution in [0.4, 0.5) is 0 Å². The second-order valence-electron chi connectivity index (χ2n) is 2.22. The number of rotatable bonds is 5. The van der Waals surface area contributed by atoms with Gasteiger partial charge in [0.05, 0.1) is 0 Å². The van der Waals surface area contributed by atoms with Crippen LogP contribution in [0.5, 0.6) is 0 Å². The van der Waals surface area contributed by atoms with Crippen LogP contribution in [0.3, 0.4) is 0 Å². The number of nitrogens with one attached hydrogen (secondary N) is 1. The number of amides is 1. The molecule has 8 heteroatoms. The van der Waals surface area contributed by atoms with Crippen molar-refractivity contribution in [2.24, 2.45) is 0 Å². The van der Waals surface area contributed by atoms with Gasteiger partial charge < -0.3 is 9.84 Å². The van der Waals surface area contributed by atoms with E-state index in [1.807, 2.05) is 0 Å². The minimum Gasteiger partial charge on any atom is -0.371 e. The predicted molar refractivity (Wildman–Crippen MR) is 46.2 cm³/mol. The van der Waals surface area contributed by atoms with Gasteiger partial charge in [-0.25, -0.2) is 4.57 Å². The van der Waals surface area contributed by atoms with Gasteiger partial charge in [-0.3, -0.25) is 18.6 Å². The van der Waals surface area contributed by atoms with Gasteiger partial charge in [0.1, 0.15) is 6.73 Å². The van der Waals surface area contributed by atoms with Gasteiger partial charge in [-0.1, -0.05) is 0 Å². The van der Waals surface area contributed by atoms with Gasteiger partial charge in [0.15, 0.2) is 0 Å².